The second-order valence-corrected chi connectivity index (χ2v) is 4.24. The zero-order valence-electron chi connectivity index (χ0n) is 10.3. The van der Waals surface area contributed by atoms with Crippen molar-refractivity contribution in [2.75, 3.05) is 0 Å². The Hall–Kier alpha value is -0.590. The zero-order valence-corrected chi connectivity index (χ0v) is 10.3. The zero-order chi connectivity index (χ0) is 11.4. The summed E-state index contributed by atoms with van der Waals surface area (Å²) >= 11 is 0. The number of rotatable bonds is 11. The van der Waals surface area contributed by atoms with Gasteiger partial charge in [-0.15, -0.1) is 6.58 Å². The molecular weight excluding hydrogens is 184 g/mol. The van der Waals surface area contributed by atoms with Crippen LogP contribution in [-0.4, -0.2) is 5.78 Å². The van der Waals surface area contributed by atoms with Crippen molar-refractivity contribution in [2.45, 2.75) is 71.1 Å². The van der Waals surface area contributed by atoms with E-state index in [0.717, 1.165) is 32.1 Å². The number of unbranched alkanes of at least 4 members (excludes halogenated alkanes) is 6. The Labute approximate surface area is 95.0 Å². The molecule has 1 nitrogen and oxygen atoms in total. The fraction of sp³-hybridized carbons (Fsp3) is 0.786. The highest BCUT2D eigenvalue weighted by Gasteiger charge is 1.99. The summed E-state index contributed by atoms with van der Waals surface area (Å²) in [6, 6.07) is 0. The monoisotopic (exact) mass is 210 g/mol. The fourth-order valence-electron chi connectivity index (χ4n) is 1.72. The van der Waals surface area contributed by atoms with Gasteiger partial charge in [-0.2, -0.15) is 0 Å². The molecule has 0 aliphatic carbocycles. The molecule has 0 bridgehead atoms. The average molecular weight is 210 g/mol. The van der Waals surface area contributed by atoms with E-state index in [1.54, 1.807) is 0 Å². The van der Waals surface area contributed by atoms with Crippen LogP contribution in [0.15, 0.2) is 12.7 Å². The minimum absolute atomic E-state index is 0.448. The Balaban J connectivity index is 3.04. The molecule has 0 aliphatic heterocycles. The van der Waals surface area contributed by atoms with E-state index >= 15 is 0 Å². The topological polar surface area (TPSA) is 17.1 Å². The molecule has 0 fully saturated rings. The maximum absolute atomic E-state index is 11.2. The van der Waals surface area contributed by atoms with Gasteiger partial charge in [-0.3, -0.25) is 4.79 Å². The molecule has 0 aromatic carbocycles. The van der Waals surface area contributed by atoms with Gasteiger partial charge in [-0.25, -0.2) is 0 Å². The highest BCUT2D eigenvalue weighted by atomic mass is 16.1. The Bertz CT molecular complexity index is 161. The molecule has 88 valence electrons. The second kappa shape index (κ2) is 11.5. The number of allylic oxidation sites excluding steroid dienone is 1. The third-order valence-electron chi connectivity index (χ3n) is 2.64. The summed E-state index contributed by atoms with van der Waals surface area (Å²) in [7, 11) is 0. The van der Waals surface area contributed by atoms with Crippen LogP contribution in [0.3, 0.4) is 0 Å². The van der Waals surface area contributed by atoms with Crippen molar-refractivity contribution in [3.63, 3.8) is 0 Å². The molecule has 0 unspecified atom stereocenters. The van der Waals surface area contributed by atoms with E-state index in [-0.39, 0.29) is 0 Å². The van der Waals surface area contributed by atoms with Crippen LogP contribution in [0, 0.1) is 0 Å². The minimum Gasteiger partial charge on any atom is -0.300 e. The number of hydrogen-bond donors (Lipinski definition) is 0. The summed E-state index contributed by atoms with van der Waals surface area (Å²) in [5.74, 6) is 0.448. The van der Waals surface area contributed by atoms with E-state index in [0.29, 0.717) is 5.78 Å². The third-order valence-corrected chi connectivity index (χ3v) is 2.64. The van der Waals surface area contributed by atoms with Crippen molar-refractivity contribution in [1.29, 1.82) is 0 Å². The average Bonchev–Trinajstić information content (AvgIpc) is 2.22. The van der Waals surface area contributed by atoms with Gasteiger partial charge >= 0.3 is 0 Å². The molecule has 1 heteroatoms. The summed E-state index contributed by atoms with van der Waals surface area (Å²) in [6.07, 6.45) is 13.2. The van der Waals surface area contributed by atoms with Crippen molar-refractivity contribution >= 4 is 5.78 Å². The van der Waals surface area contributed by atoms with Gasteiger partial charge in [0.25, 0.3) is 0 Å². The lowest BCUT2D eigenvalue weighted by molar-refractivity contribution is -0.119. The Kier molecular flexibility index (Phi) is 11.0. The van der Waals surface area contributed by atoms with Crippen LogP contribution in [0.1, 0.15) is 71.1 Å². The van der Waals surface area contributed by atoms with Gasteiger partial charge in [-0.05, 0) is 25.7 Å². The maximum atomic E-state index is 11.2. The van der Waals surface area contributed by atoms with Crippen LogP contribution in [-0.2, 0) is 4.79 Å². The standard InChI is InChI=1S/C14H26O/c1-3-5-6-7-8-9-10-11-13-14(15)12-4-2/h3H,1,4-13H2,2H3. The predicted octanol–water partition coefficient (Wildman–Crippen LogP) is 4.66. The van der Waals surface area contributed by atoms with Gasteiger partial charge < -0.3 is 0 Å². The molecule has 0 atom stereocenters. The van der Waals surface area contributed by atoms with E-state index in [9.17, 15) is 4.79 Å². The molecule has 0 amide bonds. The van der Waals surface area contributed by atoms with Crippen LogP contribution < -0.4 is 0 Å². The van der Waals surface area contributed by atoms with E-state index in [1.165, 1.54) is 32.1 Å². The van der Waals surface area contributed by atoms with Gasteiger partial charge in [0.2, 0.25) is 0 Å². The van der Waals surface area contributed by atoms with Crippen molar-refractivity contribution in [3.8, 4) is 0 Å². The van der Waals surface area contributed by atoms with Gasteiger partial charge in [-0.1, -0.05) is 38.7 Å². The smallest absolute Gasteiger partial charge is 0.132 e. The lowest BCUT2D eigenvalue weighted by Gasteiger charge is -2.00. The van der Waals surface area contributed by atoms with Crippen LogP contribution in [0.5, 0.6) is 0 Å². The quantitative estimate of drug-likeness (QED) is 0.358. The molecule has 0 saturated heterocycles. The third kappa shape index (κ3) is 11.3. The highest BCUT2D eigenvalue weighted by molar-refractivity contribution is 5.78. The molecule has 0 aliphatic rings. The normalized spacial score (nSPS) is 10.2. The molecule has 0 N–H and O–H groups in total. The molecule has 0 heterocycles. The van der Waals surface area contributed by atoms with Gasteiger partial charge in [0.05, 0.1) is 0 Å². The molecule has 15 heavy (non-hydrogen) atoms. The number of hydrogen-bond acceptors (Lipinski definition) is 1. The van der Waals surface area contributed by atoms with Crippen LogP contribution >= 0.6 is 0 Å². The van der Waals surface area contributed by atoms with E-state index < -0.39 is 0 Å². The molecule has 0 aromatic rings. The molecule has 0 aromatic heterocycles. The first-order chi connectivity index (χ1) is 7.31. The maximum Gasteiger partial charge on any atom is 0.132 e. The van der Waals surface area contributed by atoms with Gasteiger partial charge in [0.15, 0.2) is 0 Å². The van der Waals surface area contributed by atoms with Gasteiger partial charge in [0, 0.05) is 12.8 Å². The first-order valence-corrected chi connectivity index (χ1v) is 6.43. The molecule has 0 saturated carbocycles. The van der Waals surface area contributed by atoms with Crippen LogP contribution in [0.4, 0.5) is 0 Å². The SMILES string of the molecule is C=CCCCCCCCCC(=O)CCC. The summed E-state index contributed by atoms with van der Waals surface area (Å²) in [6.45, 7) is 5.77. The Morgan fingerprint density at radius 1 is 1.00 bits per heavy atom. The number of ketones is 1. The van der Waals surface area contributed by atoms with Crippen LogP contribution in [0.2, 0.25) is 0 Å². The Morgan fingerprint density at radius 3 is 2.20 bits per heavy atom. The first kappa shape index (κ1) is 14.4. The molecule has 0 rings (SSSR count). The molecule has 0 radical (unpaired) electrons. The number of Topliss-reactive ketones (excluding diaryl/α,β-unsaturated/α-hetero) is 1. The highest BCUT2D eigenvalue weighted by Crippen LogP contribution is 2.09. The summed E-state index contributed by atoms with van der Waals surface area (Å²) in [4.78, 5) is 11.2. The van der Waals surface area contributed by atoms with Gasteiger partial charge in [0.1, 0.15) is 5.78 Å². The lowest BCUT2D eigenvalue weighted by Crippen LogP contribution is -1.96. The number of carbonyl (C=O) groups is 1. The minimum atomic E-state index is 0.448. The second-order valence-electron chi connectivity index (χ2n) is 4.24. The van der Waals surface area contributed by atoms with E-state index in [2.05, 4.69) is 13.5 Å². The summed E-state index contributed by atoms with van der Waals surface area (Å²) in [5.41, 5.74) is 0. The van der Waals surface area contributed by atoms with E-state index in [4.69, 9.17) is 0 Å². The van der Waals surface area contributed by atoms with E-state index in [1.807, 2.05) is 6.08 Å². The van der Waals surface area contributed by atoms with Crippen molar-refractivity contribution in [2.24, 2.45) is 0 Å². The van der Waals surface area contributed by atoms with Crippen molar-refractivity contribution in [1.82, 2.24) is 0 Å². The molecule has 0 spiro atoms. The largest absolute Gasteiger partial charge is 0.300 e. The molecular formula is C14H26O. The fourth-order valence-corrected chi connectivity index (χ4v) is 1.72. The van der Waals surface area contributed by atoms with Crippen LogP contribution in [0.25, 0.3) is 0 Å². The van der Waals surface area contributed by atoms with Crippen molar-refractivity contribution < 1.29 is 4.79 Å². The Morgan fingerprint density at radius 2 is 1.60 bits per heavy atom. The predicted molar refractivity (Wildman–Crippen MR) is 67.0 cm³/mol. The summed E-state index contributed by atoms with van der Waals surface area (Å²) < 4.78 is 0. The lowest BCUT2D eigenvalue weighted by atomic mass is 10.1. The summed E-state index contributed by atoms with van der Waals surface area (Å²) in [5, 5.41) is 0. The van der Waals surface area contributed by atoms with Crippen molar-refractivity contribution in [3.05, 3.63) is 12.7 Å². The first-order valence-electron chi connectivity index (χ1n) is 6.43. The number of carbonyl (C=O) groups excluding carboxylic acids is 1.